The molecule has 1 aliphatic rings. The summed E-state index contributed by atoms with van der Waals surface area (Å²) in [6.07, 6.45) is 5.02. The molecular weight excluding hydrogens is 210 g/mol. The molecule has 0 aromatic carbocycles. The summed E-state index contributed by atoms with van der Waals surface area (Å²) in [4.78, 5) is 21.3. The molecule has 0 bridgehead atoms. The molecule has 5 heteroatoms. The molecule has 1 aliphatic carbocycles. The number of hydrogen-bond acceptors (Lipinski definition) is 3. The van der Waals surface area contributed by atoms with Crippen molar-refractivity contribution in [3.63, 3.8) is 0 Å². The van der Waals surface area contributed by atoms with Crippen molar-refractivity contribution in [1.82, 2.24) is 5.32 Å². The summed E-state index contributed by atoms with van der Waals surface area (Å²) in [6, 6.07) is 0. The van der Waals surface area contributed by atoms with Gasteiger partial charge in [-0.05, 0) is 31.6 Å². The quantitative estimate of drug-likeness (QED) is 0.603. The van der Waals surface area contributed by atoms with Gasteiger partial charge in [0.15, 0.2) is 0 Å². The molecule has 0 unspecified atom stereocenters. The van der Waals surface area contributed by atoms with Crippen LogP contribution in [0.15, 0.2) is 12.2 Å². The zero-order valence-electron chi connectivity index (χ0n) is 9.06. The van der Waals surface area contributed by atoms with E-state index in [1.54, 1.807) is 0 Å². The third kappa shape index (κ3) is 4.93. The third-order valence-corrected chi connectivity index (χ3v) is 2.76. The number of nitrogens with one attached hydrogen (secondary N) is 1. The molecule has 16 heavy (non-hydrogen) atoms. The number of carbonyl (C=O) groups excluding carboxylic acids is 1. The summed E-state index contributed by atoms with van der Waals surface area (Å²) in [5.41, 5.74) is 0. The maximum Gasteiger partial charge on any atom is 0.328 e. The van der Waals surface area contributed by atoms with Crippen LogP contribution < -0.4 is 5.32 Å². The predicted molar refractivity (Wildman–Crippen MR) is 57.8 cm³/mol. The molecule has 0 aromatic heterocycles. The Morgan fingerprint density at radius 2 is 1.81 bits per heavy atom. The lowest BCUT2D eigenvalue weighted by Crippen LogP contribution is -2.31. The first kappa shape index (κ1) is 12.7. The summed E-state index contributed by atoms with van der Waals surface area (Å²) in [6.45, 7) is 0.551. The van der Waals surface area contributed by atoms with Crippen LogP contribution in [0.5, 0.6) is 0 Å². The molecule has 0 aromatic rings. The molecule has 0 atom stereocenters. The fraction of sp³-hybridized carbons (Fsp3) is 0.636. The highest BCUT2D eigenvalue weighted by Gasteiger charge is 2.19. The minimum Gasteiger partial charge on any atom is -0.478 e. The Kier molecular flexibility index (Phi) is 4.98. The van der Waals surface area contributed by atoms with E-state index in [0.29, 0.717) is 12.5 Å². The molecule has 0 saturated heterocycles. The molecule has 3 N–H and O–H groups in total. The van der Waals surface area contributed by atoms with Crippen molar-refractivity contribution in [1.29, 1.82) is 0 Å². The number of carbonyl (C=O) groups is 2. The van der Waals surface area contributed by atoms with Gasteiger partial charge in [-0.25, -0.2) is 4.79 Å². The Labute approximate surface area is 94.2 Å². The van der Waals surface area contributed by atoms with E-state index >= 15 is 0 Å². The molecule has 1 fully saturated rings. The van der Waals surface area contributed by atoms with Crippen LogP contribution in [0.3, 0.4) is 0 Å². The second-order valence-corrected chi connectivity index (χ2v) is 4.09. The summed E-state index contributed by atoms with van der Waals surface area (Å²) < 4.78 is 0. The lowest BCUT2D eigenvalue weighted by Gasteiger charge is -2.25. The zero-order valence-corrected chi connectivity index (χ0v) is 9.06. The molecule has 1 saturated carbocycles. The van der Waals surface area contributed by atoms with Gasteiger partial charge >= 0.3 is 5.97 Å². The van der Waals surface area contributed by atoms with Crippen molar-refractivity contribution < 1.29 is 19.8 Å². The van der Waals surface area contributed by atoms with E-state index in [4.69, 9.17) is 5.11 Å². The van der Waals surface area contributed by atoms with Crippen molar-refractivity contribution in [2.45, 2.75) is 31.8 Å². The smallest absolute Gasteiger partial charge is 0.328 e. The van der Waals surface area contributed by atoms with Gasteiger partial charge in [0.1, 0.15) is 0 Å². The molecule has 1 rings (SSSR count). The highest BCUT2D eigenvalue weighted by molar-refractivity contribution is 5.93. The lowest BCUT2D eigenvalue weighted by atomic mass is 9.87. The van der Waals surface area contributed by atoms with Crippen LogP contribution >= 0.6 is 0 Å². The highest BCUT2D eigenvalue weighted by Crippen LogP contribution is 2.23. The minimum absolute atomic E-state index is 0.196. The monoisotopic (exact) mass is 227 g/mol. The van der Waals surface area contributed by atoms with Gasteiger partial charge in [0.2, 0.25) is 5.91 Å². The molecule has 0 heterocycles. The van der Waals surface area contributed by atoms with Crippen molar-refractivity contribution in [2.24, 2.45) is 5.92 Å². The average molecular weight is 227 g/mol. The van der Waals surface area contributed by atoms with Crippen molar-refractivity contribution in [3.05, 3.63) is 12.2 Å². The van der Waals surface area contributed by atoms with Crippen LogP contribution in [0.1, 0.15) is 25.7 Å². The molecule has 0 spiro atoms. The van der Waals surface area contributed by atoms with Gasteiger partial charge < -0.3 is 15.5 Å². The fourth-order valence-corrected chi connectivity index (χ4v) is 1.80. The van der Waals surface area contributed by atoms with Gasteiger partial charge in [0.25, 0.3) is 0 Å². The molecule has 5 nitrogen and oxygen atoms in total. The maximum absolute atomic E-state index is 11.1. The van der Waals surface area contributed by atoms with E-state index < -0.39 is 5.97 Å². The van der Waals surface area contributed by atoms with Crippen LogP contribution in [0.25, 0.3) is 0 Å². The Morgan fingerprint density at radius 3 is 2.38 bits per heavy atom. The topological polar surface area (TPSA) is 86.6 Å². The zero-order chi connectivity index (χ0) is 12.0. The highest BCUT2D eigenvalue weighted by atomic mass is 16.4. The van der Waals surface area contributed by atoms with E-state index in [0.717, 1.165) is 37.8 Å². The number of rotatable bonds is 4. The number of hydrogen-bond donors (Lipinski definition) is 3. The SMILES string of the molecule is O=C(O)/C=C/C(=O)NCC1CCC(O)CC1. The van der Waals surface area contributed by atoms with Crippen molar-refractivity contribution in [3.8, 4) is 0 Å². The Morgan fingerprint density at radius 1 is 1.19 bits per heavy atom. The van der Waals surface area contributed by atoms with Gasteiger partial charge in [-0.2, -0.15) is 0 Å². The second kappa shape index (κ2) is 6.27. The lowest BCUT2D eigenvalue weighted by molar-refractivity contribution is -0.131. The number of aliphatic hydroxyl groups excluding tert-OH is 1. The Bertz CT molecular complexity index is 280. The average Bonchev–Trinajstić information content (AvgIpc) is 2.25. The van der Waals surface area contributed by atoms with E-state index in [2.05, 4.69) is 5.32 Å². The largest absolute Gasteiger partial charge is 0.478 e. The van der Waals surface area contributed by atoms with Crippen molar-refractivity contribution in [2.75, 3.05) is 6.54 Å². The van der Waals surface area contributed by atoms with Gasteiger partial charge in [-0.15, -0.1) is 0 Å². The number of carboxylic acid groups (broad SMARTS) is 1. The number of aliphatic hydroxyl groups is 1. The van der Waals surface area contributed by atoms with E-state index in [9.17, 15) is 14.7 Å². The summed E-state index contributed by atoms with van der Waals surface area (Å²) in [7, 11) is 0. The number of amides is 1. The van der Waals surface area contributed by atoms with Crippen LogP contribution in [0, 0.1) is 5.92 Å². The standard InChI is InChI=1S/C11H17NO4/c13-9-3-1-8(2-4-9)7-12-10(14)5-6-11(15)16/h5-6,8-9,13H,1-4,7H2,(H,12,14)(H,15,16)/b6-5+. The summed E-state index contributed by atoms with van der Waals surface area (Å²) >= 11 is 0. The Balaban J connectivity index is 2.19. The molecule has 0 aliphatic heterocycles. The first-order valence-electron chi connectivity index (χ1n) is 5.45. The second-order valence-electron chi connectivity index (χ2n) is 4.09. The Hall–Kier alpha value is -1.36. The van der Waals surface area contributed by atoms with E-state index in [-0.39, 0.29) is 12.0 Å². The van der Waals surface area contributed by atoms with Crippen LogP contribution in [-0.4, -0.2) is 34.7 Å². The summed E-state index contributed by atoms with van der Waals surface area (Å²) in [5.74, 6) is -1.12. The van der Waals surface area contributed by atoms with Gasteiger partial charge in [-0.1, -0.05) is 0 Å². The first-order chi connectivity index (χ1) is 7.58. The van der Waals surface area contributed by atoms with E-state index in [1.165, 1.54) is 0 Å². The van der Waals surface area contributed by atoms with Crippen LogP contribution in [0.4, 0.5) is 0 Å². The minimum atomic E-state index is -1.13. The molecule has 1 amide bonds. The fourth-order valence-electron chi connectivity index (χ4n) is 1.80. The van der Waals surface area contributed by atoms with Crippen LogP contribution in [-0.2, 0) is 9.59 Å². The van der Waals surface area contributed by atoms with Crippen molar-refractivity contribution >= 4 is 11.9 Å². The van der Waals surface area contributed by atoms with Crippen LogP contribution in [0.2, 0.25) is 0 Å². The van der Waals surface area contributed by atoms with E-state index in [1.807, 2.05) is 0 Å². The third-order valence-electron chi connectivity index (χ3n) is 2.76. The van der Waals surface area contributed by atoms with Gasteiger partial charge in [0, 0.05) is 18.7 Å². The summed E-state index contributed by atoms with van der Waals surface area (Å²) in [5, 5.41) is 20.3. The predicted octanol–water partition coefficient (Wildman–Crippen LogP) is 0.294. The number of carboxylic acids is 1. The number of aliphatic carboxylic acids is 1. The van der Waals surface area contributed by atoms with Gasteiger partial charge in [-0.3, -0.25) is 4.79 Å². The normalized spacial score (nSPS) is 25.6. The van der Waals surface area contributed by atoms with Gasteiger partial charge in [0.05, 0.1) is 6.10 Å². The molecule has 0 radical (unpaired) electrons. The first-order valence-corrected chi connectivity index (χ1v) is 5.45. The molecular formula is C11H17NO4. The molecule has 90 valence electrons. The maximum atomic E-state index is 11.1.